The highest BCUT2D eigenvalue weighted by atomic mass is 19.1. The van der Waals surface area contributed by atoms with E-state index in [1.807, 2.05) is 0 Å². The fourth-order valence-electron chi connectivity index (χ4n) is 3.56. The van der Waals surface area contributed by atoms with Gasteiger partial charge in [-0.15, -0.1) is 0 Å². The zero-order valence-electron chi connectivity index (χ0n) is 17.7. The number of hydrogen-bond donors (Lipinski definition) is 0. The van der Waals surface area contributed by atoms with E-state index in [0.29, 0.717) is 50.6 Å². The second-order valence-electron chi connectivity index (χ2n) is 7.49. The molecule has 1 aromatic carbocycles. The molecule has 0 unspecified atom stereocenters. The summed E-state index contributed by atoms with van der Waals surface area (Å²) in [5, 5.41) is 3.90. The zero-order valence-corrected chi connectivity index (χ0v) is 17.7. The van der Waals surface area contributed by atoms with Crippen molar-refractivity contribution in [3.8, 4) is 11.5 Å². The summed E-state index contributed by atoms with van der Waals surface area (Å²) in [5.41, 5.74) is 1.20. The number of nitrogens with zero attached hydrogens (tertiary/aromatic N) is 5. The van der Waals surface area contributed by atoms with Gasteiger partial charge in [0.05, 0.1) is 12.2 Å². The van der Waals surface area contributed by atoms with E-state index in [1.54, 1.807) is 36.4 Å². The minimum atomic E-state index is -0.286. The summed E-state index contributed by atoms with van der Waals surface area (Å²) in [6.07, 6.45) is 2.07. The highest BCUT2D eigenvalue weighted by Crippen LogP contribution is 2.18. The monoisotopic (exact) mass is 441 g/mol. The molecule has 4 rings (SSSR count). The van der Waals surface area contributed by atoms with Gasteiger partial charge in [0, 0.05) is 57.7 Å². The van der Waals surface area contributed by atoms with Gasteiger partial charge in [-0.2, -0.15) is 4.98 Å². The molecule has 3 aromatic rings. The molecule has 3 heterocycles. The van der Waals surface area contributed by atoms with Crippen LogP contribution in [0.15, 0.2) is 51.9 Å². The first-order valence-corrected chi connectivity index (χ1v) is 10.3. The van der Waals surface area contributed by atoms with Gasteiger partial charge in [0.15, 0.2) is 5.82 Å². The summed E-state index contributed by atoms with van der Waals surface area (Å²) in [7, 11) is 1.59. The summed E-state index contributed by atoms with van der Waals surface area (Å²) < 4.78 is 24.8. The van der Waals surface area contributed by atoms with Crippen molar-refractivity contribution in [2.24, 2.45) is 0 Å². The Labute approximate surface area is 184 Å². The van der Waals surface area contributed by atoms with Crippen molar-refractivity contribution in [1.82, 2.24) is 19.6 Å². The molecule has 10 heteroatoms. The summed E-state index contributed by atoms with van der Waals surface area (Å²) >= 11 is 0. The second-order valence-corrected chi connectivity index (χ2v) is 7.49. The van der Waals surface area contributed by atoms with Gasteiger partial charge >= 0.3 is 0 Å². The van der Waals surface area contributed by atoms with Crippen LogP contribution >= 0.6 is 0 Å². The van der Waals surface area contributed by atoms with E-state index in [1.165, 1.54) is 22.8 Å². The van der Waals surface area contributed by atoms with Gasteiger partial charge in [0.2, 0.25) is 5.91 Å². The van der Waals surface area contributed by atoms with E-state index in [9.17, 15) is 14.0 Å². The summed E-state index contributed by atoms with van der Waals surface area (Å²) in [5.74, 6) is 0.371. The first-order chi connectivity index (χ1) is 15.5. The number of ether oxygens (including phenoxy) is 1. The van der Waals surface area contributed by atoms with Crippen LogP contribution in [0.3, 0.4) is 0 Å². The molecule has 0 aliphatic carbocycles. The molecule has 0 spiro atoms. The molecule has 0 N–H and O–H groups in total. The largest absolute Gasteiger partial charge is 0.384 e. The van der Waals surface area contributed by atoms with Crippen LogP contribution in [-0.2, 0) is 22.5 Å². The Hall–Kier alpha value is -3.53. The molecule has 2 aromatic heterocycles. The lowest BCUT2D eigenvalue weighted by atomic mass is 10.2. The van der Waals surface area contributed by atoms with E-state index in [0.717, 1.165) is 5.69 Å². The van der Waals surface area contributed by atoms with Gasteiger partial charge in [0.25, 0.3) is 11.4 Å². The number of piperazine rings is 1. The number of amides is 1. The average molecular weight is 441 g/mol. The second kappa shape index (κ2) is 9.73. The first kappa shape index (κ1) is 21.7. The smallest absolute Gasteiger partial charge is 0.259 e. The maximum Gasteiger partial charge on any atom is 0.259 e. The van der Waals surface area contributed by atoms with E-state index >= 15 is 0 Å². The first-order valence-electron chi connectivity index (χ1n) is 10.3. The summed E-state index contributed by atoms with van der Waals surface area (Å²) in [6.45, 7) is 2.72. The van der Waals surface area contributed by atoms with Crippen LogP contribution < -0.4 is 10.5 Å². The van der Waals surface area contributed by atoms with Crippen molar-refractivity contribution in [2.45, 2.75) is 13.0 Å². The van der Waals surface area contributed by atoms with Crippen molar-refractivity contribution in [3.63, 3.8) is 0 Å². The van der Waals surface area contributed by atoms with Crippen LogP contribution in [0.25, 0.3) is 11.5 Å². The van der Waals surface area contributed by atoms with Crippen molar-refractivity contribution < 1.29 is 18.4 Å². The van der Waals surface area contributed by atoms with Gasteiger partial charge in [-0.3, -0.25) is 9.59 Å². The topological polar surface area (TPSA) is 93.7 Å². The standard InChI is InChI=1S/C22H24FN5O4/c1-31-13-8-19-24-22(32-25-19)16-2-7-20(29)28(14-16)15-21(30)27-11-9-26(10-12-27)18-5-3-17(23)4-6-18/h2-7,14H,8-13,15H2,1H3. The molecule has 1 amide bonds. The lowest BCUT2D eigenvalue weighted by Gasteiger charge is -2.36. The molecule has 0 saturated carbocycles. The van der Waals surface area contributed by atoms with Crippen molar-refractivity contribution in [1.29, 1.82) is 0 Å². The Morgan fingerprint density at radius 1 is 1.12 bits per heavy atom. The molecule has 168 valence electrons. The number of carbonyl (C=O) groups is 1. The van der Waals surface area contributed by atoms with Gasteiger partial charge in [-0.05, 0) is 30.3 Å². The Morgan fingerprint density at radius 3 is 2.59 bits per heavy atom. The van der Waals surface area contributed by atoms with E-state index in [2.05, 4.69) is 15.0 Å². The molecule has 1 aliphatic heterocycles. The maximum atomic E-state index is 13.1. The average Bonchev–Trinajstić information content (AvgIpc) is 3.29. The number of halogens is 1. The summed E-state index contributed by atoms with van der Waals surface area (Å²) in [6, 6.07) is 9.30. The molecule has 1 fully saturated rings. The highest BCUT2D eigenvalue weighted by molar-refractivity contribution is 5.76. The van der Waals surface area contributed by atoms with Gasteiger partial charge in [-0.1, -0.05) is 5.16 Å². The third-order valence-corrected chi connectivity index (χ3v) is 5.36. The molecule has 0 atom stereocenters. The van der Waals surface area contributed by atoms with Crippen LogP contribution in [0.4, 0.5) is 10.1 Å². The number of pyridine rings is 1. The summed E-state index contributed by atoms with van der Waals surface area (Å²) in [4.78, 5) is 33.3. The molecule has 1 aliphatic rings. The fraction of sp³-hybridized carbons (Fsp3) is 0.364. The van der Waals surface area contributed by atoms with Crippen molar-refractivity contribution >= 4 is 11.6 Å². The number of hydrogen-bond acceptors (Lipinski definition) is 7. The molecular weight excluding hydrogens is 417 g/mol. The Balaban J connectivity index is 1.39. The lowest BCUT2D eigenvalue weighted by Crippen LogP contribution is -2.50. The van der Waals surface area contributed by atoms with Crippen molar-refractivity contribution in [3.05, 3.63) is 64.6 Å². The minimum absolute atomic E-state index is 0.0755. The number of benzene rings is 1. The molecular formula is C22H24FN5O4. The van der Waals surface area contributed by atoms with Gasteiger partial charge in [-0.25, -0.2) is 4.39 Å². The van der Waals surface area contributed by atoms with Crippen LogP contribution in [0.2, 0.25) is 0 Å². The molecule has 9 nitrogen and oxygen atoms in total. The number of rotatable bonds is 7. The fourth-order valence-corrected chi connectivity index (χ4v) is 3.56. The van der Waals surface area contributed by atoms with Crippen molar-refractivity contribution in [2.75, 3.05) is 44.8 Å². The highest BCUT2D eigenvalue weighted by Gasteiger charge is 2.22. The number of anilines is 1. The van der Waals surface area contributed by atoms with Gasteiger partial charge in [0.1, 0.15) is 12.4 Å². The van der Waals surface area contributed by atoms with E-state index in [4.69, 9.17) is 9.26 Å². The SMILES string of the molecule is COCCc1noc(-c2ccc(=O)n(CC(=O)N3CCN(c4ccc(F)cc4)CC3)c2)n1. The van der Waals surface area contributed by atoms with E-state index in [-0.39, 0.29) is 29.7 Å². The van der Waals surface area contributed by atoms with Gasteiger partial charge < -0.3 is 23.6 Å². The van der Waals surface area contributed by atoms with Crippen LogP contribution in [0.5, 0.6) is 0 Å². The number of carbonyl (C=O) groups excluding carboxylic acids is 1. The van der Waals surface area contributed by atoms with Crippen LogP contribution in [0.1, 0.15) is 5.82 Å². The molecule has 0 radical (unpaired) electrons. The lowest BCUT2D eigenvalue weighted by molar-refractivity contribution is -0.132. The Morgan fingerprint density at radius 2 is 1.88 bits per heavy atom. The number of aromatic nitrogens is 3. The van der Waals surface area contributed by atoms with E-state index < -0.39 is 0 Å². The van der Waals surface area contributed by atoms with Crippen LogP contribution in [-0.4, -0.2) is 65.4 Å². The predicted octanol–water partition coefficient (Wildman–Crippen LogP) is 1.58. The molecule has 1 saturated heterocycles. The molecule has 32 heavy (non-hydrogen) atoms. The van der Waals surface area contributed by atoms with Crippen LogP contribution in [0, 0.1) is 5.82 Å². The third-order valence-electron chi connectivity index (χ3n) is 5.36. The normalized spacial score (nSPS) is 14.1. The third kappa shape index (κ3) is 5.02. The number of methoxy groups -OCH3 is 1. The predicted molar refractivity (Wildman–Crippen MR) is 115 cm³/mol. The zero-order chi connectivity index (χ0) is 22.5. The quantitative estimate of drug-likeness (QED) is 0.549. The maximum absolute atomic E-state index is 13.1. The Kier molecular flexibility index (Phi) is 6.60. The molecule has 0 bridgehead atoms. The minimum Gasteiger partial charge on any atom is -0.384 e. The Bertz CT molecular complexity index is 1120.